The van der Waals surface area contributed by atoms with Crippen molar-refractivity contribution in [1.82, 2.24) is 10.3 Å². The highest BCUT2D eigenvalue weighted by Crippen LogP contribution is 2.31. The number of nitrogens with zero attached hydrogens (tertiary/aromatic N) is 3. The summed E-state index contributed by atoms with van der Waals surface area (Å²) >= 11 is 1.55. The standard InChI is InChI=1S/C21H22N4O2S/c1-3-13-28-21-23-20(26)18-16-7-5-6-8-17(16)22-19(25(18)24-21)14-9-11-15(12-10-14)27-4-2/h5-12,19H,3-4,13H2,1-2H3,(H,23,24,26)/t19-/m1/s1. The Morgan fingerprint density at radius 1 is 1.14 bits per heavy atom. The molecule has 7 heteroatoms. The van der Waals surface area contributed by atoms with Crippen molar-refractivity contribution in [2.24, 2.45) is 10.1 Å². The number of hydrazone groups is 1. The second-order valence-corrected chi connectivity index (χ2v) is 7.51. The van der Waals surface area contributed by atoms with Crippen molar-refractivity contribution in [1.29, 1.82) is 0 Å². The average Bonchev–Trinajstić information content (AvgIpc) is 2.72. The fraction of sp³-hybridized carbons (Fsp3) is 0.286. The summed E-state index contributed by atoms with van der Waals surface area (Å²) in [4.78, 5) is 17.8. The van der Waals surface area contributed by atoms with Crippen LogP contribution in [0.25, 0.3) is 5.70 Å². The van der Waals surface area contributed by atoms with Crippen LogP contribution in [0.3, 0.4) is 0 Å². The number of fused-ring (bicyclic) bond motifs is 2. The van der Waals surface area contributed by atoms with Gasteiger partial charge in [0.15, 0.2) is 11.3 Å². The summed E-state index contributed by atoms with van der Waals surface area (Å²) in [5, 5.41) is 11.6. The van der Waals surface area contributed by atoms with Crippen LogP contribution in [0.2, 0.25) is 0 Å². The number of para-hydroxylation sites is 1. The van der Waals surface area contributed by atoms with Crippen molar-refractivity contribution in [3.8, 4) is 5.75 Å². The van der Waals surface area contributed by atoms with E-state index < -0.39 is 6.17 Å². The van der Waals surface area contributed by atoms with E-state index in [-0.39, 0.29) is 5.91 Å². The molecule has 144 valence electrons. The lowest BCUT2D eigenvalue weighted by atomic mass is 10.1. The van der Waals surface area contributed by atoms with E-state index >= 15 is 0 Å². The minimum atomic E-state index is -0.399. The van der Waals surface area contributed by atoms with Crippen molar-refractivity contribution in [3.63, 3.8) is 0 Å². The van der Waals surface area contributed by atoms with Crippen LogP contribution in [0.4, 0.5) is 0 Å². The largest absolute Gasteiger partial charge is 0.494 e. The summed E-state index contributed by atoms with van der Waals surface area (Å²) in [5.74, 6) is 1.56. The molecule has 0 spiro atoms. The Bertz CT molecular complexity index is 1030. The van der Waals surface area contributed by atoms with Gasteiger partial charge < -0.3 is 4.74 Å². The molecule has 0 fully saturated rings. The maximum absolute atomic E-state index is 12.9. The maximum atomic E-state index is 12.9. The molecular formula is C21H22N4O2S. The monoisotopic (exact) mass is 394 g/mol. The highest BCUT2D eigenvalue weighted by molar-refractivity contribution is 8.13. The zero-order chi connectivity index (χ0) is 19.5. The molecule has 0 bridgehead atoms. The molecule has 0 saturated carbocycles. The van der Waals surface area contributed by atoms with Gasteiger partial charge in [0, 0.05) is 11.0 Å². The van der Waals surface area contributed by atoms with Crippen LogP contribution in [0.1, 0.15) is 32.0 Å². The molecule has 4 rings (SSSR count). The number of thioether (sulfide) groups is 1. The van der Waals surface area contributed by atoms with Crippen molar-refractivity contribution >= 4 is 28.5 Å². The van der Waals surface area contributed by atoms with Gasteiger partial charge in [0.25, 0.3) is 5.91 Å². The fourth-order valence-corrected chi connectivity index (χ4v) is 3.92. The summed E-state index contributed by atoms with van der Waals surface area (Å²) in [5.41, 5.74) is 1.49. The number of benzene rings is 2. The number of carbonyl (C=O) groups is 1. The Morgan fingerprint density at radius 2 is 1.93 bits per heavy atom. The van der Waals surface area contributed by atoms with E-state index in [9.17, 15) is 4.79 Å². The highest BCUT2D eigenvalue weighted by Gasteiger charge is 2.34. The van der Waals surface area contributed by atoms with E-state index in [1.807, 2.05) is 55.5 Å². The first kappa shape index (κ1) is 18.6. The van der Waals surface area contributed by atoms with E-state index in [0.717, 1.165) is 34.1 Å². The Kier molecular flexibility index (Phi) is 5.34. The first-order valence-corrected chi connectivity index (χ1v) is 10.4. The van der Waals surface area contributed by atoms with Gasteiger partial charge in [0.1, 0.15) is 11.4 Å². The number of amides is 1. The lowest BCUT2D eigenvalue weighted by molar-refractivity contribution is -0.116. The normalized spacial score (nSPS) is 17.9. The predicted octanol–water partition coefficient (Wildman–Crippen LogP) is 2.37. The van der Waals surface area contributed by atoms with Crippen LogP contribution in [-0.2, 0) is 4.79 Å². The summed E-state index contributed by atoms with van der Waals surface area (Å²) in [7, 11) is 0. The number of amidine groups is 1. The molecule has 0 radical (unpaired) electrons. The van der Waals surface area contributed by atoms with Crippen LogP contribution in [0.5, 0.6) is 5.75 Å². The SMILES string of the molecule is CCCSC1=NN2C(=c3ccccc3=N[C@H]2c2ccc(OCC)cc2)C(=O)N1. The van der Waals surface area contributed by atoms with E-state index in [1.165, 1.54) is 0 Å². The van der Waals surface area contributed by atoms with E-state index in [1.54, 1.807) is 16.8 Å². The fourth-order valence-electron chi connectivity index (χ4n) is 3.21. The Labute approximate surface area is 168 Å². The third kappa shape index (κ3) is 3.49. The highest BCUT2D eigenvalue weighted by atomic mass is 32.2. The smallest absolute Gasteiger partial charge is 0.276 e. The molecule has 1 atom stereocenters. The lowest BCUT2D eigenvalue weighted by Crippen LogP contribution is -2.50. The second kappa shape index (κ2) is 8.06. The molecule has 0 aliphatic carbocycles. The molecule has 1 N–H and O–H groups in total. The van der Waals surface area contributed by atoms with Crippen LogP contribution in [-0.4, -0.2) is 28.4 Å². The molecule has 28 heavy (non-hydrogen) atoms. The second-order valence-electron chi connectivity index (χ2n) is 6.42. The molecule has 0 saturated heterocycles. The zero-order valence-electron chi connectivity index (χ0n) is 15.9. The minimum Gasteiger partial charge on any atom is -0.494 e. The average molecular weight is 395 g/mol. The summed E-state index contributed by atoms with van der Waals surface area (Å²) in [6.07, 6.45) is 0.606. The molecule has 1 amide bonds. The number of nitrogens with one attached hydrogen (secondary N) is 1. The Morgan fingerprint density at radius 3 is 2.68 bits per heavy atom. The van der Waals surface area contributed by atoms with Gasteiger partial charge in [-0.15, -0.1) is 5.10 Å². The van der Waals surface area contributed by atoms with Gasteiger partial charge in [-0.1, -0.05) is 49.0 Å². The van der Waals surface area contributed by atoms with Crippen molar-refractivity contribution in [2.45, 2.75) is 26.4 Å². The first-order valence-electron chi connectivity index (χ1n) is 9.43. The van der Waals surface area contributed by atoms with Gasteiger partial charge in [-0.05, 0) is 37.1 Å². The topological polar surface area (TPSA) is 66.3 Å². The lowest BCUT2D eigenvalue weighted by Gasteiger charge is -2.34. The number of hydrogen-bond donors (Lipinski definition) is 1. The van der Waals surface area contributed by atoms with Crippen LogP contribution in [0, 0.1) is 0 Å². The summed E-state index contributed by atoms with van der Waals surface area (Å²) < 4.78 is 5.55. The van der Waals surface area contributed by atoms with E-state index in [2.05, 4.69) is 12.2 Å². The van der Waals surface area contributed by atoms with Gasteiger partial charge in [-0.25, -0.2) is 5.01 Å². The molecule has 2 heterocycles. The molecular weight excluding hydrogens is 372 g/mol. The predicted molar refractivity (Wildman–Crippen MR) is 111 cm³/mol. The third-order valence-corrected chi connectivity index (χ3v) is 5.52. The van der Waals surface area contributed by atoms with Gasteiger partial charge in [-0.3, -0.25) is 15.1 Å². The van der Waals surface area contributed by atoms with Crippen molar-refractivity contribution in [2.75, 3.05) is 12.4 Å². The number of rotatable bonds is 5. The molecule has 2 aromatic carbocycles. The van der Waals surface area contributed by atoms with Crippen LogP contribution < -0.4 is 20.6 Å². The quantitative estimate of drug-likeness (QED) is 0.846. The van der Waals surface area contributed by atoms with Crippen molar-refractivity contribution in [3.05, 3.63) is 64.7 Å². The molecule has 0 aromatic heterocycles. The van der Waals surface area contributed by atoms with Gasteiger partial charge >= 0.3 is 0 Å². The van der Waals surface area contributed by atoms with Crippen molar-refractivity contribution < 1.29 is 9.53 Å². The summed E-state index contributed by atoms with van der Waals surface area (Å²) in [6.45, 7) is 4.68. The molecule has 2 aromatic rings. The minimum absolute atomic E-state index is 0.146. The maximum Gasteiger partial charge on any atom is 0.276 e. The number of hydrogen-bond acceptors (Lipinski definition) is 6. The number of ether oxygens (including phenoxy) is 1. The van der Waals surface area contributed by atoms with Gasteiger partial charge in [-0.2, -0.15) is 0 Å². The van der Waals surface area contributed by atoms with Crippen LogP contribution >= 0.6 is 11.8 Å². The molecule has 6 nitrogen and oxygen atoms in total. The molecule has 0 unspecified atom stereocenters. The van der Waals surface area contributed by atoms with Crippen LogP contribution in [0.15, 0.2) is 58.6 Å². The van der Waals surface area contributed by atoms with Gasteiger partial charge in [0.2, 0.25) is 0 Å². The van der Waals surface area contributed by atoms with Gasteiger partial charge in [0.05, 0.1) is 12.0 Å². The first-order chi connectivity index (χ1) is 13.7. The zero-order valence-corrected chi connectivity index (χ0v) is 16.7. The van der Waals surface area contributed by atoms with E-state index in [0.29, 0.717) is 17.5 Å². The Balaban J connectivity index is 1.82. The number of carbonyl (C=O) groups excluding carboxylic acids is 1. The third-order valence-electron chi connectivity index (χ3n) is 4.45. The molecule has 2 aliphatic heterocycles. The molecule has 2 aliphatic rings. The summed E-state index contributed by atoms with van der Waals surface area (Å²) in [6, 6.07) is 15.5. The Hall–Kier alpha value is -2.80. The van der Waals surface area contributed by atoms with E-state index in [4.69, 9.17) is 14.8 Å².